The number of hydrogen-bond acceptors (Lipinski definition) is 2. The number of aromatic nitrogens is 3. The summed E-state index contributed by atoms with van der Waals surface area (Å²) in [7, 11) is 0. The molecule has 0 saturated heterocycles. The van der Waals surface area contributed by atoms with Crippen LogP contribution in [0.25, 0.3) is 10.9 Å². The van der Waals surface area contributed by atoms with Crippen molar-refractivity contribution in [3.8, 4) is 0 Å². The van der Waals surface area contributed by atoms with Crippen molar-refractivity contribution in [1.29, 1.82) is 0 Å². The largest absolute Gasteiger partial charge is 0.282 e. The maximum Gasteiger partial charge on any atom is 0.0960 e. The van der Waals surface area contributed by atoms with E-state index in [1.54, 1.807) is 0 Å². The van der Waals surface area contributed by atoms with Crippen LogP contribution in [0.3, 0.4) is 0 Å². The molecule has 2 heterocycles. The zero-order valence-electron chi connectivity index (χ0n) is 8.89. The molecule has 3 heteroatoms. The number of aromatic amines is 1. The Morgan fingerprint density at radius 1 is 1.36 bits per heavy atom. The van der Waals surface area contributed by atoms with Crippen LogP contribution in [0.5, 0.6) is 0 Å². The van der Waals surface area contributed by atoms with Crippen LogP contribution in [0, 0.1) is 13.8 Å². The Hall–Kier alpha value is -1.38. The highest BCUT2D eigenvalue weighted by Gasteiger charge is 2.08. The van der Waals surface area contributed by atoms with Gasteiger partial charge in [-0.3, -0.25) is 10.1 Å². The van der Waals surface area contributed by atoms with E-state index in [1.165, 1.54) is 11.1 Å². The van der Waals surface area contributed by atoms with Crippen LogP contribution < -0.4 is 0 Å². The predicted octanol–water partition coefficient (Wildman–Crippen LogP) is 2.53. The number of H-pyrrole nitrogens is 1. The van der Waals surface area contributed by atoms with E-state index in [1.807, 2.05) is 19.9 Å². The molecule has 0 saturated carbocycles. The number of nitrogens with zero attached hydrogens (tertiary/aromatic N) is 2. The maximum absolute atomic E-state index is 4.56. The fourth-order valence-electron chi connectivity index (χ4n) is 1.83. The molecule has 0 aliphatic heterocycles. The van der Waals surface area contributed by atoms with E-state index in [2.05, 4.69) is 22.1 Å². The Bertz CT molecular complexity index is 457. The highest BCUT2D eigenvalue weighted by Crippen LogP contribution is 2.20. The summed E-state index contributed by atoms with van der Waals surface area (Å²) in [5.41, 5.74) is 4.38. The molecule has 74 valence electrons. The van der Waals surface area contributed by atoms with Crippen molar-refractivity contribution in [2.24, 2.45) is 0 Å². The highest BCUT2D eigenvalue weighted by molar-refractivity contribution is 5.83. The third-order valence-electron chi connectivity index (χ3n) is 2.41. The van der Waals surface area contributed by atoms with E-state index in [-0.39, 0.29) is 0 Å². The van der Waals surface area contributed by atoms with E-state index in [9.17, 15) is 0 Å². The fourth-order valence-corrected chi connectivity index (χ4v) is 1.83. The van der Waals surface area contributed by atoms with Crippen LogP contribution >= 0.6 is 0 Å². The second-order valence-corrected chi connectivity index (χ2v) is 3.70. The maximum atomic E-state index is 4.56. The van der Waals surface area contributed by atoms with E-state index >= 15 is 0 Å². The molecule has 0 unspecified atom stereocenters. The molecular formula is C11H15N3. The van der Waals surface area contributed by atoms with Gasteiger partial charge in [0.15, 0.2) is 0 Å². The molecular weight excluding hydrogens is 174 g/mol. The average molecular weight is 189 g/mol. The first-order chi connectivity index (χ1) is 6.72. The van der Waals surface area contributed by atoms with Gasteiger partial charge in [0.1, 0.15) is 0 Å². The highest BCUT2D eigenvalue weighted by atomic mass is 15.1. The lowest BCUT2D eigenvalue weighted by Gasteiger charge is -2.02. The first kappa shape index (κ1) is 9.19. The molecule has 3 nitrogen and oxygen atoms in total. The third-order valence-corrected chi connectivity index (χ3v) is 2.41. The van der Waals surface area contributed by atoms with Crippen LogP contribution in [0.2, 0.25) is 0 Å². The summed E-state index contributed by atoms with van der Waals surface area (Å²) in [6.07, 6.45) is 2.15. The van der Waals surface area contributed by atoms with Crippen molar-refractivity contribution < 1.29 is 0 Å². The van der Waals surface area contributed by atoms with Crippen LogP contribution in [-0.4, -0.2) is 15.2 Å². The van der Waals surface area contributed by atoms with Gasteiger partial charge in [-0.05, 0) is 26.3 Å². The van der Waals surface area contributed by atoms with Gasteiger partial charge in [0.25, 0.3) is 0 Å². The first-order valence-corrected chi connectivity index (χ1v) is 5.03. The predicted molar refractivity (Wildman–Crippen MR) is 57.4 cm³/mol. The zero-order chi connectivity index (χ0) is 10.1. The van der Waals surface area contributed by atoms with Gasteiger partial charge in [-0.2, -0.15) is 5.10 Å². The Kier molecular flexibility index (Phi) is 2.23. The minimum absolute atomic E-state index is 1.03. The van der Waals surface area contributed by atoms with Crippen LogP contribution in [-0.2, 0) is 6.42 Å². The monoisotopic (exact) mass is 189 g/mol. The van der Waals surface area contributed by atoms with Gasteiger partial charge >= 0.3 is 0 Å². The molecule has 2 aromatic heterocycles. The summed E-state index contributed by atoms with van der Waals surface area (Å²) >= 11 is 0. The molecule has 2 aromatic rings. The molecule has 0 amide bonds. The first-order valence-electron chi connectivity index (χ1n) is 5.03. The topological polar surface area (TPSA) is 41.6 Å². The standard InChI is InChI=1S/C11H15N3/c1-4-5-9-11-8(3)13-14-10(11)6-7(2)12-9/h6H,4-5H2,1-3H3,(H,13,14). The SMILES string of the molecule is CCCc1nc(C)cc2n[nH]c(C)c12. The lowest BCUT2D eigenvalue weighted by Crippen LogP contribution is -1.93. The van der Waals surface area contributed by atoms with Crippen molar-refractivity contribution in [3.05, 3.63) is 23.1 Å². The normalized spacial score (nSPS) is 11.1. The van der Waals surface area contributed by atoms with Crippen molar-refractivity contribution in [3.63, 3.8) is 0 Å². The summed E-state index contributed by atoms with van der Waals surface area (Å²) in [5, 5.41) is 8.48. The molecule has 0 aliphatic carbocycles. The van der Waals surface area contributed by atoms with Crippen LogP contribution in [0.15, 0.2) is 6.07 Å². The molecule has 2 rings (SSSR count). The average Bonchev–Trinajstić information content (AvgIpc) is 2.48. The summed E-state index contributed by atoms with van der Waals surface area (Å²) in [4.78, 5) is 4.56. The van der Waals surface area contributed by atoms with Crippen LogP contribution in [0.1, 0.15) is 30.4 Å². The quantitative estimate of drug-likeness (QED) is 0.788. The third kappa shape index (κ3) is 1.39. The number of nitrogens with one attached hydrogen (secondary N) is 1. The molecule has 14 heavy (non-hydrogen) atoms. The van der Waals surface area contributed by atoms with Gasteiger partial charge < -0.3 is 0 Å². The van der Waals surface area contributed by atoms with Gasteiger partial charge in [-0.25, -0.2) is 0 Å². The van der Waals surface area contributed by atoms with E-state index < -0.39 is 0 Å². The minimum Gasteiger partial charge on any atom is -0.282 e. The zero-order valence-corrected chi connectivity index (χ0v) is 8.89. The lowest BCUT2D eigenvalue weighted by molar-refractivity contribution is 0.885. The van der Waals surface area contributed by atoms with Gasteiger partial charge in [-0.15, -0.1) is 0 Å². The Morgan fingerprint density at radius 2 is 2.14 bits per heavy atom. The number of fused-ring (bicyclic) bond motifs is 1. The number of pyridine rings is 1. The van der Waals surface area contributed by atoms with Crippen molar-refractivity contribution in [2.45, 2.75) is 33.6 Å². The lowest BCUT2D eigenvalue weighted by atomic mass is 10.1. The number of hydrogen-bond donors (Lipinski definition) is 1. The molecule has 0 bridgehead atoms. The Labute approximate surface area is 83.6 Å². The van der Waals surface area contributed by atoms with Gasteiger partial charge in [0, 0.05) is 16.8 Å². The van der Waals surface area contributed by atoms with Gasteiger partial charge in [-0.1, -0.05) is 13.3 Å². The van der Waals surface area contributed by atoms with Gasteiger partial charge in [0.2, 0.25) is 0 Å². The van der Waals surface area contributed by atoms with Crippen molar-refractivity contribution in [2.75, 3.05) is 0 Å². The smallest absolute Gasteiger partial charge is 0.0960 e. The van der Waals surface area contributed by atoms with E-state index in [0.29, 0.717) is 0 Å². The number of aryl methyl sites for hydroxylation is 3. The summed E-state index contributed by atoms with van der Waals surface area (Å²) < 4.78 is 0. The fraction of sp³-hybridized carbons (Fsp3) is 0.455. The summed E-state index contributed by atoms with van der Waals surface area (Å²) in [5.74, 6) is 0. The second kappa shape index (κ2) is 3.40. The molecule has 0 fully saturated rings. The van der Waals surface area contributed by atoms with Gasteiger partial charge in [0.05, 0.1) is 11.2 Å². The number of rotatable bonds is 2. The van der Waals surface area contributed by atoms with Crippen molar-refractivity contribution in [1.82, 2.24) is 15.2 Å². The Morgan fingerprint density at radius 3 is 2.86 bits per heavy atom. The molecule has 0 aliphatic rings. The molecule has 0 spiro atoms. The van der Waals surface area contributed by atoms with E-state index in [4.69, 9.17) is 0 Å². The molecule has 1 N–H and O–H groups in total. The second-order valence-electron chi connectivity index (χ2n) is 3.70. The van der Waals surface area contributed by atoms with Crippen molar-refractivity contribution >= 4 is 10.9 Å². The summed E-state index contributed by atoms with van der Waals surface area (Å²) in [6.45, 7) is 6.24. The minimum atomic E-state index is 1.03. The summed E-state index contributed by atoms with van der Waals surface area (Å²) in [6, 6.07) is 2.03. The Balaban J connectivity index is 2.70. The molecule has 0 aromatic carbocycles. The molecule has 0 radical (unpaired) electrons. The molecule has 0 atom stereocenters. The van der Waals surface area contributed by atoms with E-state index in [0.717, 1.165) is 29.7 Å². The van der Waals surface area contributed by atoms with Crippen LogP contribution in [0.4, 0.5) is 0 Å².